The number of carboxylic acid groups (broad SMARTS) is 1. The number of carboxylic acids is 1. The fraction of sp³-hybridized carbons (Fsp3) is 0.300. The van der Waals surface area contributed by atoms with Gasteiger partial charge in [0, 0.05) is 39.3 Å². The van der Waals surface area contributed by atoms with Crippen molar-refractivity contribution >= 4 is 17.6 Å². The summed E-state index contributed by atoms with van der Waals surface area (Å²) in [6, 6.07) is 0. The fourth-order valence-electron chi connectivity index (χ4n) is 1.11. The minimum atomic E-state index is -1.03. The predicted molar refractivity (Wildman–Crippen MR) is 54.5 cm³/mol. The molecule has 5 heteroatoms. The third-order valence-corrected chi connectivity index (χ3v) is 2.13. The van der Waals surface area contributed by atoms with Gasteiger partial charge in [0.2, 0.25) is 5.97 Å². The summed E-state index contributed by atoms with van der Waals surface area (Å²) in [5, 5.41) is 9.13. The molecule has 0 amide bonds. The quantitative estimate of drug-likeness (QED) is 0.812. The van der Waals surface area contributed by atoms with Crippen molar-refractivity contribution in [2.45, 2.75) is 13.3 Å². The second-order valence-electron chi connectivity index (χ2n) is 2.92. The van der Waals surface area contributed by atoms with Crippen LogP contribution in [0.25, 0.3) is 0 Å². The van der Waals surface area contributed by atoms with Gasteiger partial charge in [-0.05, 0) is 22.7 Å². The van der Waals surface area contributed by atoms with E-state index in [1.807, 2.05) is 6.92 Å². The van der Waals surface area contributed by atoms with Crippen LogP contribution in [0.15, 0.2) is 29.0 Å². The van der Waals surface area contributed by atoms with E-state index in [-0.39, 0.29) is 38.3 Å². The smallest absolute Gasteiger partial charge is 0.249 e. The van der Waals surface area contributed by atoms with Crippen molar-refractivity contribution in [2.24, 2.45) is 0 Å². The van der Waals surface area contributed by atoms with Crippen LogP contribution >= 0.6 is 11.6 Å². The Labute approximate surface area is 119 Å². The first-order chi connectivity index (χ1) is 6.56. The first-order valence-corrected chi connectivity index (χ1v) is 4.65. The Hall–Kier alpha value is -0.116. The summed E-state index contributed by atoms with van der Waals surface area (Å²) in [6.45, 7) is 6.40. The fourth-order valence-corrected chi connectivity index (χ4v) is 1.32. The van der Waals surface area contributed by atoms with Gasteiger partial charge >= 0.3 is 0 Å². The molecule has 0 aromatic heterocycles. The van der Waals surface area contributed by atoms with Crippen LogP contribution in [-0.4, -0.2) is 22.5 Å². The third-order valence-electron chi connectivity index (χ3n) is 1.81. The minimum Gasteiger partial charge on any atom is -0.521 e. The van der Waals surface area contributed by atoms with Crippen molar-refractivity contribution in [3.05, 3.63) is 35.2 Å². The van der Waals surface area contributed by atoms with Crippen LogP contribution in [0.2, 0.25) is 0 Å². The number of aliphatic carboxylic acids is 1. The molecule has 1 aliphatic heterocycles. The first-order valence-electron chi connectivity index (χ1n) is 4.27. The van der Waals surface area contributed by atoms with Crippen molar-refractivity contribution < 1.29 is 42.6 Å². The maximum atomic E-state index is 10.7. The van der Waals surface area contributed by atoms with Gasteiger partial charge in [-0.15, -0.1) is 24.3 Å². The first kappa shape index (κ1) is 14.9. The molecule has 0 spiro atoms. The third kappa shape index (κ3) is 3.74. The topological polar surface area (TPSA) is 40.5 Å². The van der Waals surface area contributed by atoms with Gasteiger partial charge in [-0.3, -0.25) is 0 Å². The van der Waals surface area contributed by atoms with Gasteiger partial charge in [-0.25, -0.2) is 0 Å². The van der Waals surface area contributed by atoms with Crippen LogP contribution in [0.3, 0.4) is 0 Å². The molecule has 1 rings (SSSR count). The van der Waals surface area contributed by atoms with Gasteiger partial charge in [0.1, 0.15) is 0 Å². The van der Waals surface area contributed by atoms with Crippen LogP contribution < -0.4 is 0 Å². The zero-order valence-corrected chi connectivity index (χ0v) is 12.1. The molecule has 3 nitrogen and oxygen atoms in total. The summed E-state index contributed by atoms with van der Waals surface area (Å²) in [4.78, 5) is 12.3. The Morgan fingerprint density at radius 1 is 1.73 bits per heavy atom. The molecule has 0 saturated heterocycles. The van der Waals surface area contributed by atoms with Crippen LogP contribution in [0.1, 0.15) is 13.3 Å². The largest absolute Gasteiger partial charge is 0.521 e. The van der Waals surface area contributed by atoms with E-state index < -0.39 is 5.97 Å². The Kier molecular flexibility index (Phi) is 6.41. The van der Waals surface area contributed by atoms with Crippen LogP contribution in [0.4, 0.5) is 0 Å². The molecular formula is C10H11ClNO2Y-. The summed E-state index contributed by atoms with van der Waals surface area (Å²) in [6.07, 6.45) is 4.96. The molecule has 1 radical (unpaired) electrons. The maximum absolute atomic E-state index is 10.7. The Balaban J connectivity index is 0.00000196. The summed E-state index contributed by atoms with van der Waals surface area (Å²) in [7, 11) is 0. The Morgan fingerprint density at radius 3 is 2.80 bits per heavy atom. The average Bonchev–Trinajstić information content (AvgIpc) is 2.12. The van der Waals surface area contributed by atoms with Crippen molar-refractivity contribution in [3.63, 3.8) is 0 Å². The maximum Gasteiger partial charge on any atom is 0.249 e. The summed E-state index contributed by atoms with van der Waals surface area (Å²) < 4.78 is 0. The molecule has 79 valence electrons. The number of carbonyl (C=O) groups is 1. The number of hydrogen-bond acceptors (Lipinski definition) is 2. The molecule has 0 aromatic carbocycles. The van der Waals surface area contributed by atoms with Gasteiger partial charge in [0.05, 0.1) is 0 Å². The van der Waals surface area contributed by atoms with Crippen molar-refractivity contribution in [2.75, 3.05) is 6.54 Å². The zero-order valence-electron chi connectivity index (χ0n) is 8.46. The van der Waals surface area contributed by atoms with Crippen LogP contribution in [-0.2, 0) is 37.5 Å². The monoisotopic (exact) mass is 301 g/mol. The van der Waals surface area contributed by atoms with E-state index in [9.17, 15) is 4.79 Å². The predicted octanol–water partition coefficient (Wildman–Crippen LogP) is 2.12. The zero-order chi connectivity index (χ0) is 10.7. The molecule has 1 aliphatic rings. The molecule has 0 aliphatic carbocycles. The van der Waals surface area contributed by atoms with E-state index >= 15 is 0 Å². The second-order valence-corrected chi connectivity index (χ2v) is 3.33. The molecule has 0 atom stereocenters. The number of allylic oxidation sites excluding steroid dienone is 1. The van der Waals surface area contributed by atoms with Crippen molar-refractivity contribution in [3.8, 4) is 0 Å². The summed E-state index contributed by atoms with van der Waals surface area (Å²) >= 11 is 5.83. The van der Waals surface area contributed by atoms with E-state index in [4.69, 9.17) is 16.7 Å². The number of halogens is 1. The molecule has 1 N–H and O–H groups in total. The minimum absolute atomic E-state index is 0. The van der Waals surface area contributed by atoms with Gasteiger partial charge in [0.15, 0.2) is 0 Å². The summed E-state index contributed by atoms with van der Waals surface area (Å²) in [5.41, 5.74) is 0.661. The van der Waals surface area contributed by atoms with Gasteiger partial charge in [-0.1, -0.05) is 13.1 Å². The van der Waals surface area contributed by atoms with Crippen molar-refractivity contribution in [1.82, 2.24) is 4.90 Å². The molecule has 0 unspecified atom stereocenters. The summed E-state index contributed by atoms with van der Waals surface area (Å²) in [5.74, 6) is -1.03. The molecule has 1 heterocycles. The second kappa shape index (κ2) is 6.46. The van der Waals surface area contributed by atoms with E-state index in [1.54, 1.807) is 4.90 Å². The molecule has 0 bridgehead atoms. The number of rotatable bonds is 3. The van der Waals surface area contributed by atoms with Gasteiger partial charge in [-0.2, -0.15) is 0 Å². The van der Waals surface area contributed by atoms with Crippen LogP contribution in [0.5, 0.6) is 0 Å². The van der Waals surface area contributed by atoms with Gasteiger partial charge < -0.3 is 14.8 Å². The van der Waals surface area contributed by atoms with Crippen LogP contribution in [0, 0.1) is 6.20 Å². The van der Waals surface area contributed by atoms with E-state index in [1.165, 1.54) is 6.08 Å². The van der Waals surface area contributed by atoms with Gasteiger partial charge in [0.25, 0.3) is 0 Å². The SMILES string of the molecule is C=C1C(Cl)=CC(C(=O)O)=[C-]N1CCC.[Y]. The Bertz CT molecular complexity index is 336. The molecular weight excluding hydrogens is 290 g/mol. The Morgan fingerprint density at radius 2 is 2.33 bits per heavy atom. The standard InChI is InChI=1S/C10H11ClNO2.Y/c1-3-4-12-6-8(10(13)14)5-9(11)7(12)2;/h5H,2-4H2,1H3,(H,13,14);/q-1;. The average molecular weight is 302 g/mol. The molecule has 0 saturated carbocycles. The molecule has 0 aromatic rings. The van der Waals surface area contributed by atoms with Crippen molar-refractivity contribution in [1.29, 1.82) is 0 Å². The van der Waals surface area contributed by atoms with E-state index in [2.05, 4.69) is 12.8 Å². The number of nitrogens with zero attached hydrogens (tertiary/aromatic N) is 1. The molecule has 15 heavy (non-hydrogen) atoms. The normalized spacial score (nSPS) is 15.3. The van der Waals surface area contributed by atoms with E-state index in [0.29, 0.717) is 17.3 Å². The van der Waals surface area contributed by atoms with E-state index in [0.717, 1.165) is 6.42 Å². The number of hydrogen-bond donors (Lipinski definition) is 1. The molecule has 0 fully saturated rings.